The predicted molar refractivity (Wildman–Crippen MR) is 131 cm³/mol. The second-order valence-corrected chi connectivity index (χ2v) is 9.27. The molecule has 0 aliphatic rings. The Bertz CT molecular complexity index is 1580. The molecule has 12 heteroatoms. The number of aromatic amines is 1. The molecule has 0 unspecified atom stereocenters. The van der Waals surface area contributed by atoms with Crippen molar-refractivity contribution in [1.29, 1.82) is 0 Å². The summed E-state index contributed by atoms with van der Waals surface area (Å²) in [5.41, 5.74) is 4.80. The summed E-state index contributed by atoms with van der Waals surface area (Å²) in [6.07, 6.45) is 0.732. The molecule has 34 heavy (non-hydrogen) atoms. The number of nitrogens with zero attached hydrogens (tertiary/aromatic N) is 5. The molecule has 0 saturated carbocycles. The lowest BCUT2D eigenvalue weighted by Gasteiger charge is -2.13. The first-order chi connectivity index (χ1) is 16.2. The Labute approximate surface area is 197 Å². The van der Waals surface area contributed by atoms with Gasteiger partial charge in [0.15, 0.2) is 10.9 Å². The summed E-state index contributed by atoms with van der Waals surface area (Å²) in [6, 6.07) is 7.12. The van der Waals surface area contributed by atoms with Gasteiger partial charge in [-0.2, -0.15) is 0 Å². The first-order valence-corrected chi connectivity index (χ1v) is 11.9. The third-order valence-electron chi connectivity index (χ3n) is 5.32. The minimum Gasteiger partial charge on any atom is -0.384 e. The number of hydrogen-bond donors (Lipinski definition) is 2. The highest BCUT2D eigenvalue weighted by Gasteiger charge is 2.22. The molecule has 0 bridgehead atoms. The Morgan fingerprint density at radius 3 is 2.59 bits per heavy atom. The SMILES string of the molecule is CCCn1c(=O)c2ccccc2n2c(SCC(=O)c3c(N)n(CC(C)C)c(=O)[nH]c3=O)nnc12. The van der Waals surface area contributed by atoms with Gasteiger partial charge in [0, 0.05) is 13.1 Å². The Kier molecular flexibility index (Phi) is 6.42. The monoisotopic (exact) mass is 483 g/mol. The number of carbonyl (C=O) groups excluding carboxylic acids is 1. The normalized spacial score (nSPS) is 11.6. The number of nitrogens with one attached hydrogen (secondary N) is 1. The van der Waals surface area contributed by atoms with Crippen molar-refractivity contribution < 1.29 is 4.79 Å². The van der Waals surface area contributed by atoms with E-state index < -0.39 is 17.0 Å². The molecule has 1 aromatic carbocycles. The van der Waals surface area contributed by atoms with Crippen molar-refractivity contribution in [3.8, 4) is 0 Å². The van der Waals surface area contributed by atoms with E-state index in [1.165, 1.54) is 4.57 Å². The summed E-state index contributed by atoms with van der Waals surface area (Å²) in [6.45, 7) is 6.49. The van der Waals surface area contributed by atoms with Gasteiger partial charge in [-0.25, -0.2) is 4.79 Å². The van der Waals surface area contributed by atoms with Crippen molar-refractivity contribution in [2.75, 3.05) is 11.5 Å². The van der Waals surface area contributed by atoms with E-state index in [0.29, 0.717) is 28.4 Å². The van der Waals surface area contributed by atoms with Crippen LogP contribution < -0.4 is 22.5 Å². The number of H-pyrrole nitrogens is 1. The molecule has 0 fully saturated rings. The molecular formula is C22H25N7O4S. The Balaban J connectivity index is 1.74. The molecule has 11 nitrogen and oxygen atoms in total. The molecule has 0 atom stereocenters. The van der Waals surface area contributed by atoms with Crippen LogP contribution in [-0.2, 0) is 13.1 Å². The molecule has 3 aromatic heterocycles. The zero-order valence-electron chi connectivity index (χ0n) is 19.1. The topological polar surface area (TPSA) is 150 Å². The second kappa shape index (κ2) is 9.29. The van der Waals surface area contributed by atoms with E-state index in [1.807, 2.05) is 26.8 Å². The van der Waals surface area contributed by atoms with Crippen LogP contribution in [0.4, 0.5) is 5.82 Å². The number of nitrogen functional groups attached to an aromatic ring is 1. The van der Waals surface area contributed by atoms with Crippen molar-refractivity contribution in [3.05, 3.63) is 61.0 Å². The fraction of sp³-hybridized carbons (Fsp3) is 0.364. The molecular weight excluding hydrogens is 458 g/mol. The number of para-hydroxylation sites is 1. The van der Waals surface area contributed by atoms with Crippen LogP contribution in [0.3, 0.4) is 0 Å². The summed E-state index contributed by atoms with van der Waals surface area (Å²) >= 11 is 1.08. The molecule has 178 valence electrons. The maximum atomic E-state index is 13.0. The van der Waals surface area contributed by atoms with Gasteiger partial charge in [0.05, 0.1) is 16.7 Å². The molecule has 4 rings (SSSR count). The molecule has 0 aliphatic carbocycles. The summed E-state index contributed by atoms with van der Waals surface area (Å²) < 4.78 is 4.50. The first kappa shape index (κ1) is 23.5. The zero-order chi connectivity index (χ0) is 24.6. The third-order valence-corrected chi connectivity index (χ3v) is 6.25. The Hall–Kier alpha value is -3.67. The number of ketones is 1. The molecule has 0 amide bonds. The molecule has 3 heterocycles. The van der Waals surface area contributed by atoms with E-state index in [1.54, 1.807) is 27.2 Å². The number of benzene rings is 1. The van der Waals surface area contributed by atoms with E-state index in [-0.39, 0.29) is 35.2 Å². The molecule has 3 N–H and O–H groups in total. The molecule has 0 saturated heterocycles. The third kappa shape index (κ3) is 4.04. The second-order valence-electron chi connectivity index (χ2n) is 8.33. The van der Waals surface area contributed by atoms with Crippen LogP contribution in [0.2, 0.25) is 0 Å². The van der Waals surface area contributed by atoms with Crippen molar-refractivity contribution in [2.24, 2.45) is 5.92 Å². The molecule has 4 aromatic rings. The van der Waals surface area contributed by atoms with Crippen molar-refractivity contribution in [2.45, 2.75) is 45.4 Å². The van der Waals surface area contributed by atoms with Gasteiger partial charge in [-0.15, -0.1) is 10.2 Å². The lowest BCUT2D eigenvalue weighted by Crippen LogP contribution is -2.37. The highest BCUT2D eigenvalue weighted by Crippen LogP contribution is 2.23. The Morgan fingerprint density at radius 1 is 1.15 bits per heavy atom. The molecule has 0 aliphatic heterocycles. The van der Waals surface area contributed by atoms with Gasteiger partial charge in [-0.05, 0) is 24.5 Å². The average Bonchev–Trinajstić information content (AvgIpc) is 3.21. The van der Waals surface area contributed by atoms with Gasteiger partial charge < -0.3 is 5.73 Å². The van der Waals surface area contributed by atoms with Crippen LogP contribution in [-0.4, -0.2) is 40.3 Å². The number of fused-ring (bicyclic) bond motifs is 3. The van der Waals surface area contributed by atoms with Crippen molar-refractivity contribution >= 4 is 40.0 Å². The molecule has 0 spiro atoms. The van der Waals surface area contributed by atoms with Crippen LogP contribution >= 0.6 is 11.8 Å². The summed E-state index contributed by atoms with van der Waals surface area (Å²) in [4.78, 5) is 52.7. The minimum atomic E-state index is -0.818. The van der Waals surface area contributed by atoms with Crippen LogP contribution in [0, 0.1) is 5.92 Å². The maximum absolute atomic E-state index is 13.0. The first-order valence-electron chi connectivity index (χ1n) is 10.9. The van der Waals surface area contributed by atoms with Gasteiger partial charge >= 0.3 is 5.69 Å². The van der Waals surface area contributed by atoms with E-state index in [2.05, 4.69) is 15.2 Å². The fourth-order valence-electron chi connectivity index (χ4n) is 3.86. The van der Waals surface area contributed by atoms with Crippen molar-refractivity contribution in [3.63, 3.8) is 0 Å². The highest BCUT2D eigenvalue weighted by molar-refractivity contribution is 7.99. The lowest BCUT2D eigenvalue weighted by molar-refractivity contribution is 0.102. The largest absolute Gasteiger partial charge is 0.384 e. The number of hydrogen-bond acceptors (Lipinski definition) is 8. The number of anilines is 1. The van der Waals surface area contributed by atoms with Gasteiger partial charge in [0.2, 0.25) is 5.78 Å². The zero-order valence-corrected chi connectivity index (χ0v) is 19.9. The molecule has 0 radical (unpaired) electrons. The van der Waals surface area contributed by atoms with Gasteiger partial charge in [0.1, 0.15) is 11.4 Å². The summed E-state index contributed by atoms with van der Waals surface area (Å²) in [5, 5.41) is 9.31. The van der Waals surface area contributed by atoms with E-state index in [4.69, 9.17) is 5.73 Å². The number of nitrogens with two attached hydrogens (primary N) is 1. The number of Topliss-reactive ketones (excluding diaryl/α,β-unsaturated/α-hetero) is 1. The highest BCUT2D eigenvalue weighted by atomic mass is 32.2. The quantitative estimate of drug-likeness (QED) is 0.283. The number of rotatable bonds is 8. The minimum absolute atomic E-state index is 0.0830. The average molecular weight is 484 g/mol. The summed E-state index contributed by atoms with van der Waals surface area (Å²) in [7, 11) is 0. The van der Waals surface area contributed by atoms with Crippen LogP contribution in [0.5, 0.6) is 0 Å². The van der Waals surface area contributed by atoms with E-state index in [0.717, 1.165) is 18.2 Å². The number of aryl methyl sites for hydroxylation is 1. The number of thioether (sulfide) groups is 1. The van der Waals surface area contributed by atoms with Gasteiger partial charge in [0.25, 0.3) is 11.1 Å². The maximum Gasteiger partial charge on any atom is 0.329 e. The summed E-state index contributed by atoms with van der Waals surface area (Å²) in [5.74, 6) is -0.386. The van der Waals surface area contributed by atoms with Crippen LogP contribution in [0.25, 0.3) is 16.7 Å². The number of aromatic nitrogens is 6. The van der Waals surface area contributed by atoms with Gasteiger partial charge in [-0.3, -0.25) is 32.9 Å². The lowest BCUT2D eigenvalue weighted by atomic mass is 10.2. The van der Waals surface area contributed by atoms with Crippen LogP contribution in [0.1, 0.15) is 37.6 Å². The predicted octanol–water partition coefficient (Wildman–Crippen LogP) is 1.52. The Morgan fingerprint density at radius 2 is 1.88 bits per heavy atom. The van der Waals surface area contributed by atoms with E-state index >= 15 is 0 Å². The van der Waals surface area contributed by atoms with Gasteiger partial charge in [-0.1, -0.05) is 44.7 Å². The van der Waals surface area contributed by atoms with Crippen molar-refractivity contribution in [1.82, 2.24) is 28.7 Å². The smallest absolute Gasteiger partial charge is 0.329 e. The standard InChI is InChI=1S/C22H25N7O4S/c1-4-9-27-19(32)13-7-5-6-8-14(13)29-20(27)25-26-22(29)34-11-15(30)16-17(23)28(10-12(2)3)21(33)24-18(16)31/h5-8,12H,4,9-11,23H2,1-3H3,(H,24,31,33). The van der Waals surface area contributed by atoms with E-state index in [9.17, 15) is 19.2 Å². The fourth-order valence-corrected chi connectivity index (χ4v) is 4.67. The van der Waals surface area contributed by atoms with Crippen LogP contribution in [0.15, 0.2) is 43.8 Å². The number of carbonyl (C=O) groups is 1.